The number of rotatable bonds is 7. The van der Waals surface area contributed by atoms with E-state index in [1.54, 1.807) is 0 Å². The van der Waals surface area contributed by atoms with Gasteiger partial charge in [0.05, 0.1) is 19.7 Å². The van der Waals surface area contributed by atoms with Gasteiger partial charge in [0.2, 0.25) is 0 Å². The summed E-state index contributed by atoms with van der Waals surface area (Å²) in [7, 11) is 2.14. The second-order valence-corrected chi connectivity index (χ2v) is 6.99. The fraction of sp³-hybridized carbons (Fsp3) is 0.409. The minimum absolute atomic E-state index is 0.00573. The molecule has 1 heterocycles. The third kappa shape index (κ3) is 5.39. The van der Waals surface area contributed by atoms with Crippen molar-refractivity contribution in [3.05, 3.63) is 71.8 Å². The fourth-order valence-corrected chi connectivity index (χ4v) is 3.50. The molecule has 0 saturated carbocycles. The molecule has 1 unspecified atom stereocenters. The van der Waals surface area contributed by atoms with Gasteiger partial charge in [-0.05, 0) is 25.1 Å². The van der Waals surface area contributed by atoms with Crippen molar-refractivity contribution in [2.75, 3.05) is 39.8 Å². The van der Waals surface area contributed by atoms with Gasteiger partial charge in [-0.3, -0.25) is 14.5 Å². The minimum atomic E-state index is 0.00573. The van der Waals surface area contributed by atoms with Gasteiger partial charge in [0.25, 0.3) is 5.91 Å². The van der Waals surface area contributed by atoms with Crippen LogP contribution in [-0.2, 0) is 16.2 Å². The van der Waals surface area contributed by atoms with E-state index in [1.807, 2.05) is 43.3 Å². The molecule has 27 heavy (non-hydrogen) atoms. The van der Waals surface area contributed by atoms with Crippen LogP contribution in [0.5, 0.6) is 0 Å². The highest BCUT2D eigenvalue weighted by Gasteiger charge is 2.29. The number of piperazine rings is 1. The molecule has 1 aliphatic heterocycles. The number of nitrogens with zero attached hydrogens (tertiary/aromatic N) is 3. The normalized spacial score (nSPS) is 18.4. The zero-order valence-corrected chi connectivity index (χ0v) is 16.3. The van der Waals surface area contributed by atoms with Crippen molar-refractivity contribution in [2.24, 2.45) is 0 Å². The van der Waals surface area contributed by atoms with Crippen LogP contribution >= 0.6 is 0 Å². The van der Waals surface area contributed by atoms with Crippen LogP contribution in [0.25, 0.3) is 0 Å². The fourth-order valence-electron chi connectivity index (χ4n) is 3.50. The molecule has 1 saturated heterocycles. The Bertz CT molecular complexity index is 708. The van der Waals surface area contributed by atoms with E-state index in [4.69, 9.17) is 4.84 Å². The maximum absolute atomic E-state index is 13.0. The first-order valence-corrected chi connectivity index (χ1v) is 9.62. The van der Waals surface area contributed by atoms with Gasteiger partial charge in [-0.25, -0.2) is 5.06 Å². The highest BCUT2D eigenvalue weighted by molar-refractivity contribution is 5.77. The summed E-state index contributed by atoms with van der Waals surface area (Å²) < 4.78 is 0. The van der Waals surface area contributed by atoms with Crippen LogP contribution < -0.4 is 0 Å². The Morgan fingerprint density at radius 1 is 1.07 bits per heavy atom. The lowest BCUT2D eigenvalue weighted by atomic mass is 10.0. The minimum Gasteiger partial charge on any atom is -0.303 e. The van der Waals surface area contributed by atoms with Crippen molar-refractivity contribution in [2.45, 2.75) is 19.5 Å². The van der Waals surface area contributed by atoms with Crippen LogP contribution in [0, 0.1) is 0 Å². The van der Waals surface area contributed by atoms with E-state index in [0.717, 1.165) is 25.2 Å². The molecular weight excluding hydrogens is 338 g/mol. The molecule has 1 fully saturated rings. The number of hydrogen-bond donors (Lipinski definition) is 0. The Kier molecular flexibility index (Phi) is 6.98. The molecule has 0 spiro atoms. The predicted molar refractivity (Wildman–Crippen MR) is 107 cm³/mol. The van der Waals surface area contributed by atoms with Crippen molar-refractivity contribution in [3.8, 4) is 0 Å². The van der Waals surface area contributed by atoms with E-state index in [9.17, 15) is 4.79 Å². The summed E-state index contributed by atoms with van der Waals surface area (Å²) in [5.41, 5.74) is 2.32. The number of likely N-dealkylation sites (N-methyl/N-ethyl adjacent to an activating group) is 1. The van der Waals surface area contributed by atoms with Gasteiger partial charge in [0, 0.05) is 25.7 Å². The number of carbonyl (C=O) groups is 1. The molecule has 1 atom stereocenters. The van der Waals surface area contributed by atoms with Crippen LogP contribution in [0.2, 0.25) is 0 Å². The monoisotopic (exact) mass is 367 g/mol. The number of benzene rings is 2. The molecule has 2 aromatic carbocycles. The van der Waals surface area contributed by atoms with Crippen molar-refractivity contribution in [3.63, 3.8) is 0 Å². The average molecular weight is 367 g/mol. The van der Waals surface area contributed by atoms with Gasteiger partial charge in [0.1, 0.15) is 0 Å². The molecule has 0 N–H and O–H groups in total. The zero-order chi connectivity index (χ0) is 19.1. The van der Waals surface area contributed by atoms with E-state index in [-0.39, 0.29) is 11.9 Å². The van der Waals surface area contributed by atoms with Crippen LogP contribution in [0.3, 0.4) is 0 Å². The predicted octanol–water partition coefficient (Wildman–Crippen LogP) is 2.96. The Balaban J connectivity index is 1.70. The highest BCUT2D eigenvalue weighted by Crippen LogP contribution is 2.24. The van der Waals surface area contributed by atoms with Crippen molar-refractivity contribution < 1.29 is 9.63 Å². The molecule has 1 aliphatic rings. The molecule has 0 radical (unpaired) electrons. The number of carbonyl (C=O) groups excluding carboxylic acids is 1. The SMILES string of the molecule is CCON(Cc1ccccc1)C(=O)CN1CCN(C)CC1c1ccccc1. The lowest BCUT2D eigenvalue weighted by molar-refractivity contribution is -0.190. The topological polar surface area (TPSA) is 36.0 Å². The maximum Gasteiger partial charge on any atom is 0.260 e. The maximum atomic E-state index is 13.0. The molecule has 144 valence electrons. The number of hydrogen-bond acceptors (Lipinski definition) is 4. The van der Waals surface area contributed by atoms with Crippen LogP contribution in [0.1, 0.15) is 24.1 Å². The highest BCUT2D eigenvalue weighted by atomic mass is 16.7. The number of hydroxylamine groups is 2. The van der Waals surface area contributed by atoms with Crippen molar-refractivity contribution in [1.82, 2.24) is 14.9 Å². The molecule has 0 aromatic heterocycles. The van der Waals surface area contributed by atoms with E-state index in [0.29, 0.717) is 19.7 Å². The average Bonchev–Trinajstić information content (AvgIpc) is 2.70. The molecule has 1 amide bonds. The zero-order valence-electron chi connectivity index (χ0n) is 16.3. The lowest BCUT2D eigenvalue weighted by Crippen LogP contribution is -2.50. The van der Waals surface area contributed by atoms with Crippen LogP contribution in [0.4, 0.5) is 0 Å². The summed E-state index contributed by atoms with van der Waals surface area (Å²) in [5.74, 6) is 0.00573. The summed E-state index contributed by atoms with van der Waals surface area (Å²) in [5, 5.41) is 1.51. The second kappa shape index (κ2) is 9.65. The standard InChI is InChI=1S/C22H29N3O2/c1-3-27-25(16-19-10-6-4-7-11-19)22(26)18-24-15-14-23(2)17-21(24)20-12-8-5-9-13-20/h4-13,21H,3,14-18H2,1-2H3. The Morgan fingerprint density at radius 2 is 1.74 bits per heavy atom. The summed E-state index contributed by atoms with van der Waals surface area (Å²) in [6.07, 6.45) is 0. The Labute approximate surface area is 162 Å². The van der Waals surface area contributed by atoms with Gasteiger partial charge in [0.15, 0.2) is 0 Å². The van der Waals surface area contributed by atoms with Crippen LogP contribution in [-0.4, -0.2) is 60.6 Å². The van der Waals surface area contributed by atoms with E-state index in [2.05, 4.69) is 41.1 Å². The van der Waals surface area contributed by atoms with Gasteiger partial charge in [-0.2, -0.15) is 0 Å². The molecule has 5 nitrogen and oxygen atoms in total. The van der Waals surface area contributed by atoms with Gasteiger partial charge in [-0.1, -0.05) is 60.7 Å². The van der Waals surface area contributed by atoms with Gasteiger partial charge < -0.3 is 4.90 Å². The molecule has 3 rings (SSSR count). The number of amides is 1. The van der Waals surface area contributed by atoms with Crippen molar-refractivity contribution >= 4 is 5.91 Å². The molecule has 5 heteroatoms. The van der Waals surface area contributed by atoms with E-state index >= 15 is 0 Å². The second-order valence-electron chi connectivity index (χ2n) is 6.99. The third-order valence-corrected chi connectivity index (χ3v) is 4.95. The van der Waals surface area contributed by atoms with E-state index in [1.165, 1.54) is 10.6 Å². The van der Waals surface area contributed by atoms with Crippen LogP contribution in [0.15, 0.2) is 60.7 Å². The molecule has 0 bridgehead atoms. The summed E-state index contributed by atoms with van der Waals surface area (Å²) in [6.45, 7) is 5.97. The first kappa shape index (κ1) is 19.5. The summed E-state index contributed by atoms with van der Waals surface area (Å²) in [6, 6.07) is 20.6. The Hall–Kier alpha value is -2.21. The lowest BCUT2D eigenvalue weighted by Gasteiger charge is -2.40. The van der Waals surface area contributed by atoms with Gasteiger partial charge >= 0.3 is 0 Å². The smallest absolute Gasteiger partial charge is 0.260 e. The van der Waals surface area contributed by atoms with Crippen molar-refractivity contribution in [1.29, 1.82) is 0 Å². The third-order valence-electron chi connectivity index (χ3n) is 4.95. The first-order valence-electron chi connectivity index (χ1n) is 9.62. The van der Waals surface area contributed by atoms with Gasteiger partial charge in [-0.15, -0.1) is 0 Å². The molecule has 0 aliphatic carbocycles. The first-order chi connectivity index (χ1) is 13.2. The summed E-state index contributed by atoms with van der Waals surface area (Å²) >= 11 is 0. The molecule has 2 aromatic rings. The Morgan fingerprint density at radius 3 is 2.41 bits per heavy atom. The summed E-state index contributed by atoms with van der Waals surface area (Å²) in [4.78, 5) is 23.3. The quantitative estimate of drug-likeness (QED) is 0.705. The molecular formula is C22H29N3O2. The van der Waals surface area contributed by atoms with E-state index < -0.39 is 0 Å². The largest absolute Gasteiger partial charge is 0.303 e.